The van der Waals surface area contributed by atoms with Crippen LogP contribution >= 0.6 is 12.2 Å². The number of nitrogens with one attached hydrogen (secondary N) is 3. The van der Waals surface area contributed by atoms with Gasteiger partial charge in [0.15, 0.2) is 5.11 Å². The molecule has 1 saturated heterocycles. The van der Waals surface area contributed by atoms with Gasteiger partial charge < -0.3 is 15.4 Å². The number of ether oxygens (including phenoxy) is 1. The van der Waals surface area contributed by atoms with Crippen LogP contribution in [-0.2, 0) is 10.3 Å². The summed E-state index contributed by atoms with van der Waals surface area (Å²) in [5.74, 6) is 0.705. The number of hydrogen-bond donors (Lipinski definition) is 3. The monoisotopic (exact) mass is 390 g/mol. The largest absolute Gasteiger partial charge is 0.497 e. The van der Waals surface area contributed by atoms with Gasteiger partial charge in [-0.1, -0.05) is 31.9 Å². The lowest BCUT2D eigenvalue weighted by Crippen LogP contribution is -2.54. The lowest BCUT2D eigenvalue weighted by atomic mass is 9.86. The third-order valence-corrected chi connectivity index (χ3v) is 5.69. The smallest absolute Gasteiger partial charge is 0.344 e. The number of thiocarbonyl (C=S) groups is 1. The lowest BCUT2D eigenvalue weighted by molar-refractivity contribution is -0.132. The van der Waals surface area contributed by atoms with Crippen molar-refractivity contribution in [2.24, 2.45) is 5.92 Å². The first kappa shape index (κ1) is 19.4. The molecule has 27 heavy (non-hydrogen) atoms. The average Bonchev–Trinajstić information content (AvgIpc) is 2.88. The van der Waals surface area contributed by atoms with Crippen LogP contribution in [0, 0.1) is 5.92 Å². The molecule has 0 bridgehead atoms. The van der Waals surface area contributed by atoms with Gasteiger partial charge in [0.2, 0.25) is 0 Å². The second-order valence-corrected chi connectivity index (χ2v) is 7.79. The molecule has 3 unspecified atom stereocenters. The Hall–Kier alpha value is -2.35. The molecule has 1 aromatic rings. The Labute approximate surface area is 164 Å². The summed E-state index contributed by atoms with van der Waals surface area (Å²) in [5, 5.41) is 7.23. The molecule has 0 aromatic heterocycles. The van der Waals surface area contributed by atoms with Gasteiger partial charge in [-0.2, -0.15) is 5.01 Å². The predicted molar refractivity (Wildman–Crippen MR) is 106 cm³/mol. The Balaban J connectivity index is 1.71. The molecule has 1 aliphatic heterocycles. The van der Waals surface area contributed by atoms with E-state index in [9.17, 15) is 9.59 Å². The minimum Gasteiger partial charge on any atom is -0.497 e. The highest BCUT2D eigenvalue weighted by Gasteiger charge is 2.50. The van der Waals surface area contributed by atoms with Crippen LogP contribution < -0.4 is 20.8 Å². The van der Waals surface area contributed by atoms with Crippen molar-refractivity contribution in [2.45, 2.75) is 51.1 Å². The van der Waals surface area contributed by atoms with Crippen molar-refractivity contribution < 1.29 is 14.3 Å². The first-order chi connectivity index (χ1) is 12.8. The lowest BCUT2D eigenvalue weighted by Gasteiger charge is -2.31. The third kappa shape index (κ3) is 3.85. The van der Waals surface area contributed by atoms with Crippen molar-refractivity contribution in [3.8, 4) is 5.75 Å². The highest BCUT2D eigenvalue weighted by molar-refractivity contribution is 7.80. The van der Waals surface area contributed by atoms with Crippen LogP contribution in [0.5, 0.6) is 5.75 Å². The Morgan fingerprint density at radius 1 is 1.33 bits per heavy atom. The van der Waals surface area contributed by atoms with Crippen molar-refractivity contribution in [1.82, 2.24) is 21.1 Å². The van der Waals surface area contributed by atoms with E-state index in [2.05, 4.69) is 23.0 Å². The number of nitrogens with zero attached hydrogens (tertiary/aromatic N) is 1. The first-order valence-electron chi connectivity index (χ1n) is 9.23. The van der Waals surface area contributed by atoms with E-state index in [0.717, 1.165) is 24.3 Å². The molecule has 3 N–H and O–H groups in total. The van der Waals surface area contributed by atoms with E-state index < -0.39 is 17.5 Å². The number of hydrazine groups is 1. The number of urea groups is 1. The number of carbonyl (C=O) groups is 2. The van der Waals surface area contributed by atoms with Crippen LogP contribution in [0.15, 0.2) is 24.3 Å². The van der Waals surface area contributed by atoms with Crippen molar-refractivity contribution >= 4 is 29.3 Å². The van der Waals surface area contributed by atoms with Crippen LogP contribution in [-0.4, -0.2) is 35.2 Å². The van der Waals surface area contributed by atoms with Gasteiger partial charge in [0.1, 0.15) is 11.3 Å². The van der Waals surface area contributed by atoms with Crippen molar-refractivity contribution in [3.63, 3.8) is 0 Å². The fourth-order valence-electron chi connectivity index (χ4n) is 3.70. The molecule has 2 aliphatic rings. The van der Waals surface area contributed by atoms with E-state index in [1.165, 1.54) is 6.42 Å². The minimum atomic E-state index is -1.19. The highest BCUT2D eigenvalue weighted by Crippen LogP contribution is 2.30. The molecule has 1 aromatic carbocycles. The summed E-state index contributed by atoms with van der Waals surface area (Å²) in [6, 6.07) is 6.81. The molecule has 1 aliphatic carbocycles. The first-order valence-corrected chi connectivity index (χ1v) is 9.64. The number of imide groups is 1. The molecule has 1 saturated carbocycles. The molecule has 146 valence electrons. The zero-order valence-corrected chi connectivity index (χ0v) is 16.7. The van der Waals surface area contributed by atoms with E-state index in [-0.39, 0.29) is 11.2 Å². The highest BCUT2D eigenvalue weighted by atomic mass is 32.1. The summed E-state index contributed by atoms with van der Waals surface area (Å²) in [7, 11) is 1.56. The fourth-order valence-corrected chi connectivity index (χ4v) is 3.95. The predicted octanol–water partition coefficient (Wildman–Crippen LogP) is 2.42. The van der Waals surface area contributed by atoms with Gasteiger partial charge in [0.25, 0.3) is 5.91 Å². The van der Waals surface area contributed by atoms with Crippen LogP contribution in [0.4, 0.5) is 4.79 Å². The zero-order chi connectivity index (χ0) is 19.6. The molecule has 3 amide bonds. The summed E-state index contributed by atoms with van der Waals surface area (Å²) in [6.07, 6.45) is 4.56. The summed E-state index contributed by atoms with van der Waals surface area (Å²) in [5.41, 5.74) is 2.22. The molecule has 3 rings (SSSR count). The van der Waals surface area contributed by atoms with E-state index in [1.54, 1.807) is 38.3 Å². The van der Waals surface area contributed by atoms with Crippen LogP contribution in [0.25, 0.3) is 0 Å². The van der Waals surface area contributed by atoms with Gasteiger partial charge >= 0.3 is 6.03 Å². The molecule has 1 heterocycles. The average molecular weight is 391 g/mol. The van der Waals surface area contributed by atoms with Crippen LogP contribution in [0.1, 0.15) is 45.1 Å². The van der Waals surface area contributed by atoms with Gasteiger partial charge in [-0.25, -0.2) is 4.79 Å². The van der Waals surface area contributed by atoms with E-state index in [1.807, 2.05) is 0 Å². The SMILES string of the molecule is COc1cccc(C2(C)NC(=O)N(NC(=S)NC3CCCCC3C)C2=O)c1. The maximum atomic E-state index is 13.0. The number of amides is 3. The second-order valence-electron chi connectivity index (χ2n) is 7.38. The number of methoxy groups -OCH3 is 1. The molecular weight excluding hydrogens is 364 g/mol. The zero-order valence-electron chi connectivity index (χ0n) is 15.9. The molecule has 0 spiro atoms. The second kappa shape index (κ2) is 7.72. The maximum absolute atomic E-state index is 13.0. The minimum absolute atomic E-state index is 0.254. The van der Waals surface area contributed by atoms with E-state index in [4.69, 9.17) is 17.0 Å². The normalized spacial score (nSPS) is 27.9. The van der Waals surface area contributed by atoms with Crippen molar-refractivity contribution in [3.05, 3.63) is 29.8 Å². The van der Waals surface area contributed by atoms with E-state index in [0.29, 0.717) is 17.2 Å². The third-order valence-electron chi connectivity index (χ3n) is 5.48. The Kier molecular flexibility index (Phi) is 5.55. The summed E-state index contributed by atoms with van der Waals surface area (Å²) in [6.45, 7) is 3.86. The molecule has 3 atom stereocenters. The fraction of sp³-hybridized carbons (Fsp3) is 0.526. The Morgan fingerprint density at radius 3 is 2.78 bits per heavy atom. The van der Waals surface area contributed by atoms with Gasteiger partial charge in [-0.15, -0.1) is 0 Å². The molecular formula is C19H26N4O3S. The van der Waals surface area contributed by atoms with E-state index >= 15 is 0 Å². The Bertz CT molecular complexity index is 756. The van der Waals surface area contributed by atoms with Gasteiger partial charge in [0, 0.05) is 6.04 Å². The molecule has 2 fully saturated rings. The summed E-state index contributed by atoms with van der Waals surface area (Å²) in [4.78, 5) is 25.4. The number of rotatable bonds is 4. The number of benzene rings is 1. The molecule has 7 nitrogen and oxygen atoms in total. The quantitative estimate of drug-likeness (QED) is 0.541. The van der Waals surface area contributed by atoms with Crippen molar-refractivity contribution in [2.75, 3.05) is 7.11 Å². The van der Waals surface area contributed by atoms with Crippen LogP contribution in [0.3, 0.4) is 0 Å². The maximum Gasteiger partial charge on any atom is 0.344 e. The standard InChI is InChI=1S/C19H26N4O3S/c1-12-7-4-5-10-15(12)20-17(27)22-23-16(24)19(2,21-18(23)25)13-8-6-9-14(11-13)26-3/h6,8-9,11-12,15H,4-5,7,10H2,1-3H3,(H,21,25)(H2,20,22,27). The Morgan fingerprint density at radius 2 is 2.07 bits per heavy atom. The number of carbonyl (C=O) groups excluding carboxylic acids is 2. The molecule has 8 heteroatoms. The summed E-state index contributed by atoms with van der Waals surface area (Å²) >= 11 is 5.35. The topological polar surface area (TPSA) is 82.7 Å². The van der Waals surface area contributed by atoms with Crippen molar-refractivity contribution in [1.29, 1.82) is 0 Å². The molecule has 0 radical (unpaired) electrons. The van der Waals surface area contributed by atoms with Gasteiger partial charge in [0.05, 0.1) is 7.11 Å². The van der Waals surface area contributed by atoms with Crippen LogP contribution in [0.2, 0.25) is 0 Å². The number of hydrogen-bond acceptors (Lipinski definition) is 4. The van der Waals surface area contributed by atoms with Gasteiger partial charge in [-0.05, 0) is 55.6 Å². The van der Waals surface area contributed by atoms with Gasteiger partial charge in [-0.3, -0.25) is 10.2 Å². The summed E-state index contributed by atoms with van der Waals surface area (Å²) < 4.78 is 5.22.